The molecule has 0 aliphatic heterocycles. The molecule has 0 radical (unpaired) electrons. The maximum atomic E-state index is 5.82. The standard InChI is InChI=1S/C17H17NO2S/c1-19-14-5-7-15(8-6-14)20-11-16-9-12-3-2-4-13(10-18)17(12)21-16/h2-9H,10-11,18H2,1H3. The predicted octanol–water partition coefficient (Wildman–Crippen LogP) is 3.95. The minimum atomic E-state index is 0.565. The summed E-state index contributed by atoms with van der Waals surface area (Å²) in [5, 5.41) is 1.23. The van der Waals surface area contributed by atoms with Crippen LogP contribution < -0.4 is 15.2 Å². The fourth-order valence-electron chi connectivity index (χ4n) is 2.24. The largest absolute Gasteiger partial charge is 0.497 e. The normalized spacial score (nSPS) is 10.8. The molecule has 3 rings (SSSR count). The lowest BCUT2D eigenvalue weighted by Gasteiger charge is -2.05. The van der Waals surface area contributed by atoms with E-state index in [1.807, 2.05) is 30.3 Å². The quantitative estimate of drug-likeness (QED) is 0.776. The highest BCUT2D eigenvalue weighted by molar-refractivity contribution is 7.19. The molecular weight excluding hydrogens is 282 g/mol. The van der Waals surface area contributed by atoms with Crippen molar-refractivity contribution in [2.75, 3.05) is 7.11 Å². The molecule has 3 aromatic rings. The molecule has 1 aromatic heterocycles. The average Bonchev–Trinajstić information content (AvgIpc) is 2.96. The number of ether oxygens (including phenoxy) is 2. The molecule has 0 saturated carbocycles. The van der Waals surface area contributed by atoms with Crippen molar-refractivity contribution in [2.45, 2.75) is 13.2 Å². The Balaban J connectivity index is 1.75. The lowest BCUT2D eigenvalue weighted by molar-refractivity contribution is 0.309. The number of hydrogen-bond donors (Lipinski definition) is 1. The van der Waals surface area contributed by atoms with Crippen LogP contribution in [0.25, 0.3) is 10.1 Å². The van der Waals surface area contributed by atoms with Crippen molar-refractivity contribution in [1.29, 1.82) is 0 Å². The smallest absolute Gasteiger partial charge is 0.122 e. The van der Waals surface area contributed by atoms with Gasteiger partial charge in [-0.2, -0.15) is 0 Å². The van der Waals surface area contributed by atoms with E-state index in [9.17, 15) is 0 Å². The number of benzene rings is 2. The van der Waals surface area contributed by atoms with Crippen molar-refractivity contribution in [3.63, 3.8) is 0 Å². The van der Waals surface area contributed by atoms with Crippen LogP contribution in [0.3, 0.4) is 0 Å². The number of rotatable bonds is 5. The highest BCUT2D eigenvalue weighted by atomic mass is 32.1. The van der Waals surface area contributed by atoms with Crippen LogP contribution in [0.15, 0.2) is 48.5 Å². The molecule has 108 valence electrons. The maximum Gasteiger partial charge on any atom is 0.122 e. The molecule has 21 heavy (non-hydrogen) atoms. The van der Waals surface area contributed by atoms with Gasteiger partial charge in [0.05, 0.1) is 7.11 Å². The van der Waals surface area contributed by atoms with Crippen molar-refractivity contribution < 1.29 is 9.47 Å². The van der Waals surface area contributed by atoms with E-state index in [1.165, 1.54) is 20.5 Å². The zero-order valence-electron chi connectivity index (χ0n) is 11.8. The molecule has 0 aliphatic rings. The third-order valence-corrected chi connectivity index (χ3v) is 4.54. The predicted molar refractivity (Wildman–Crippen MR) is 87.0 cm³/mol. The highest BCUT2D eigenvalue weighted by Gasteiger charge is 2.06. The molecule has 0 atom stereocenters. The minimum absolute atomic E-state index is 0.565. The van der Waals surface area contributed by atoms with E-state index in [2.05, 4.69) is 18.2 Å². The molecule has 0 unspecified atom stereocenters. The van der Waals surface area contributed by atoms with Crippen LogP contribution in [0.5, 0.6) is 11.5 Å². The first kappa shape index (κ1) is 13.9. The van der Waals surface area contributed by atoms with Gasteiger partial charge in [-0.15, -0.1) is 11.3 Å². The molecule has 2 N–H and O–H groups in total. The Bertz CT molecular complexity index is 734. The Morgan fingerprint density at radius 2 is 1.81 bits per heavy atom. The fraction of sp³-hybridized carbons (Fsp3) is 0.176. The molecular formula is C17H17NO2S. The first-order valence-electron chi connectivity index (χ1n) is 6.77. The molecule has 2 aromatic carbocycles. The van der Waals surface area contributed by atoms with E-state index < -0.39 is 0 Å². The molecule has 0 amide bonds. The van der Waals surface area contributed by atoms with Crippen molar-refractivity contribution in [3.8, 4) is 11.5 Å². The molecule has 3 nitrogen and oxygen atoms in total. The van der Waals surface area contributed by atoms with Crippen LogP contribution in [-0.4, -0.2) is 7.11 Å². The monoisotopic (exact) mass is 299 g/mol. The second kappa shape index (κ2) is 6.16. The zero-order chi connectivity index (χ0) is 14.7. The van der Waals surface area contributed by atoms with Gasteiger partial charge >= 0.3 is 0 Å². The van der Waals surface area contributed by atoms with Gasteiger partial charge in [-0.25, -0.2) is 0 Å². The van der Waals surface area contributed by atoms with Gasteiger partial charge in [0.1, 0.15) is 18.1 Å². The molecule has 0 saturated heterocycles. The van der Waals surface area contributed by atoms with Gasteiger partial charge in [0.25, 0.3) is 0 Å². The van der Waals surface area contributed by atoms with Gasteiger partial charge < -0.3 is 15.2 Å². The number of methoxy groups -OCH3 is 1. The van der Waals surface area contributed by atoms with Crippen LogP contribution in [0.1, 0.15) is 10.4 Å². The molecule has 1 heterocycles. The van der Waals surface area contributed by atoms with Crippen LogP contribution in [0, 0.1) is 0 Å². The second-order valence-corrected chi connectivity index (χ2v) is 5.85. The van der Waals surface area contributed by atoms with Gasteiger partial charge in [0.2, 0.25) is 0 Å². The third kappa shape index (κ3) is 3.01. The topological polar surface area (TPSA) is 44.5 Å². The summed E-state index contributed by atoms with van der Waals surface area (Å²) in [7, 11) is 1.65. The second-order valence-electron chi connectivity index (χ2n) is 4.72. The van der Waals surface area contributed by atoms with Gasteiger partial charge in [-0.3, -0.25) is 0 Å². The van der Waals surface area contributed by atoms with E-state index >= 15 is 0 Å². The van der Waals surface area contributed by atoms with E-state index in [0.717, 1.165) is 11.5 Å². The number of fused-ring (bicyclic) bond motifs is 1. The Hall–Kier alpha value is -2.04. The van der Waals surface area contributed by atoms with Gasteiger partial charge in [0.15, 0.2) is 0 Å². The summed E-state index contributed by atoms with van der Waals surface area (Å²) in [6.07, 6.45) is 0. The van der Waals surface area contributed by atoms with Crippen molar-refractivity contribution in [2.24, 2.45) is 5.73 Å². The average molecular weight is 299 g/mol. The van der Waals surface area contributed by atoms with Crippen molar-refractivity contribution in [1.82, 2.24) is 0 Å². The SMILES string of the molecule is COc1ccc(OCc2cc3cccc(CN)c3s2)cc1. The molecule has 0 aliphatic carbocycles. The number of thiophene rings is 1. The van der Waals surface area contributed by atoms with Crippen molar-refractivity contribution in [3.05, 3.63) is 59.0 Å². The summed E-state index contributed by atoms with van der Waals surface area (Å²) in [6.45, 7) is 1.13. The summed E-state index contributed by atoms with van der Waals surface area (Å²) in [6, 6.07) is 16.0. The Kier molecular flexibility index (Phi) is 4.08. The van der Waals surface area contributed by atoms with E-state index in [1.54, 1.807) is 18.4 Å². The molecule has 0 spiro atoms. The lowest BCUT2D eigenvalue weighted by Crippen LogP contribution is -1.95. The zero-order valence-corrected chi connectivity index (χ0v) is 12.7. The third-order valence-electron chi connectivity index (χ3n) is 3.34. The summed E-state index contributed by atoms with van der Waals surface area (Å²) in [5.41, 5.74) is 6.97. The van der Waals surface area contributed by atoms with E-state index in [4.69, 9.17) is 15.2 Å². The van der Waals surface area contributed by atoms with Crippen LogP contribution >= 0.6 is 11.3 Å². The highest BCUT2D eigenvalue weighted by Crippen LogP contribution is 2.29. The molecule has 4 heteroatoms. The van der Waals surface area contributed by atoms with E-state index in [-0.39, 0.29) is 0 Å². The minimum Gasteiger partial charge on any atom is -0.497 e. The lowest BCUT2D eigenvalue weighted by atomic mass is 10.1. The van der Waals surface area contributed by atoms with Crippen LogP contribution in [-0.2, 0) is 13.2 Å². The maximum absolute atomic E-state index is 5.82. The number of hydrogen-bond acceptors (Lipinski definition) is 4. The number of nitrogens with two attached hydrogens (primary N) is 1. The summed E-state index contributed by atoms with van der Waals surface area (Å²) >= 11 is 1.75. The van der Waals surface area contributed by atoms with Crippen molar-refractivity contribution >= 4 is 21.4 Å². The first-order valence-corrected chi connectivity index (χ1v) is 7.59. The fourth-order valence-corrected chi connectivity index (χ4v) is 3.33. The first-order chi connectivity index (χ1) is 10.3. The van der Waals surface area contributed by atoms with Gasteiger partial charge in [0, 0.05) is 16.1 Å². The van der Waals surface area contributed by atoms with Crippen LogP contribution in [0.2, 0.25) is 0 Å². The summed E-state index contributed by atoms with van der Waals surface area (Å²) in [5.74, 6) is 1.67. The Morgan fingerprint density at radius 3 is 2.52 bits per heavy atom. The van der Waals surface area contributed by atoms with E-state index in [0.29, 0.717) is 13.2 Å². The Morgan fingerprint density at radius 1 is 1.05 bits per heavy atom. The molecule has 0 bridgehead atoms. The molecule has 0 fully saturated rings. The van der Waals surface area contributed by atoms with Gasteiger partial charge in [-0.1, -0.05) is 18.2 Å². The van der Waals surface area contributed by atoms with Crippen LogP contribution in [0.4, 0.5) is 0 Å². The summed E-state index contributed by atoms with van der Waals surface area (Å²) in [4.78, 5) is 1.20. The summed E-state index contributed by atoms with van der Waals surface area (Å²) < 4.78 is 12.2. The Labute approximate surface area is 127 Å². The van der Waals surface area contributed by atoms with Gasteiger partial charge in [-0.05, 0) is 41.3 Å².